The van der Waals surface area contributed by atoms with E-state index in [0.29, 0.717) is 40.0 Å². The molecule has 2 aromatic heterocycles. The van der Waals surface area contributed by atoms with Crippen LogP contribution >= 0.6 is 11.3 Å². The molecule has 0 aromatic carbocycles. The van der Waals surface area contributed by atoms with E-state index in [1.807, 2.05) is 0 Å². The van der Waals surface area contributed by atoms with Crippen molar-refractivity contribution in [2.24, 2.45) is 5.10 Å². The largest absolute Gasteiger partial charge is 0.443 e. The van der Waals surface area contributed by atoms with E-state index >= 15 is 0 Å². The molecule has 1 amide bonds. The highest BCUT2D eigenvalue weighted by Gasteiger charge is 2.30. The third-order valence-electron chi connectivity index (χ3n) is 4.60. The van der Waals surface area contributed by atoms with Crippen LogP contribution in [0.1, 0.15) is 62.9 Å². The maximum absolute atomic E-state index is 13.1. The van der Waals surface area contributed by atoms with Gasteiger partial charge in [-0.3, -0.25) is 13.9 Å². The van der Waals surface area contributed by atoms with Gasteiger partial charge in [0.05, 0.1) is 22.5 Å². The third kappa shape index (κ3) is 4.62. The highest BCUT2D eigenvalue weighted by atomic mass is 32.1. The van der Waals surface area contributed by atoms with Crippen LogP contribution in [0.4, 0.5) is 4.79 Å². The van der Waals surface area contributed by atoms with Gasteiger partial charge in [-0.05, 0) is 52.5 Å². The lowest BCUT2D eigenvalue weighted by Gasteiger charge is -2.18. The number of nitrogens with one attached hydrogen (secondary N) is 1. The van der Waals surface area contributed by atoms with Crippen LogP contribution in [0.5, 0.6) is 0 Å². The highest BCUT2D eigenvalue weighted by Crippen LogP contribution is 2.34. The Morgan fingerprint density at radius 1 is 1.40 bits per heavy atom. The third-order valence-corrected chi connectivity index (χ3v) is 5.85. The molecule has 30 heavy (non-hydrogen) atoms. The second-order valence-corrected chi connectivity index (χ2v) is 9.28. The summed E-state index contributed by atoms with van der Waals surface area (Å²) in [6.45, 7) is 7.42. The second-order valence-electron chi connectivity index (χ2n) is 8.25. The highest BCUT2D eigenvalue weighted by molar-refractivity contribution is 7.20. The van der Waals surface area contributed by atoms with Gasteiger partial charge < -0.3 is 4.74 Å². The minimum Gasteiger partial charge on any atom is -0.443 e. The summed E-state index contributed by atoms with van der Waals surface area (Å²) in [5, 5.41) is 13.3. The molecule has 0 saturated heterocycles. The van der Waals surface area contributed by atoms with Crippen molar-refractivity contribution in [3.05, 3.63) is 31.3 Å². The van der Waals surface area contributed by atoms with Gasteiger partial charge in [0.15, 0.2) is 0 Å². The Balaban J connectivity index is 2.00. The van der Waals surface area contributed by atoms with Gasteiger partial charge in [0.2, 0.25) is 0 Å². The Hall–Kier alpha value is -2.93. The van der Waals surface area contributed by atoms with Crippen LogP contribution in [0, 0.1) is 18.3 Å². The van der Waals surface area contributed by atoms with E-state index in [1.165, 1.54) is 22.1 Å². The predicted octanol–water partition coefficient (Wildman–Crippen LogP) is 3.03. The zero-order valence-corrected chi connectivity index (χ0v) is 18.3. The molecule has 1 fully saturated rings. The number of nitrogens with zero attached hydrogens (tertiary/aromatic N) is 4. The monoisotopic (exact) mass is 431 g/mol. The summed E-state index contributed by atoms with van der Waals surface area (Å²) < 4.78 is 8.06. The van der Waals surface area contributed by atoms with E-state index in [2.05, 4.69) is 16.6 Å². The van der Waals surface area contributed by atoms with Crippen molar-refractivity contribution in [1.29, 1.82) is 5.26 Å². The summed E-state index contributed by atoms with van der Waals surface area (Å²) in [5.41, 5.74) is 1.76. The number of rotatable bonds is 6. The molecule has 0 atom stereocenters. The van der Waals surface area contributed by atoms with E-state index in [0.717, 1.165) is 12.8 Å². The number of unbranched alkanes of at least 4 members (excludes halogenated alkanes) is 1. The first kappa shape index (κ1) is 21.8. The minimum atomic E-state index is -0.679. The molecular formula is C20H25N5O4S. The molecule has 3 rings (SSSR count). The number of thiophene rings is 1. The molecule has 0 spiro atoms. The smallest absolute Gasteiger partial charge is 0.428 e. The molecule has 0 bridgehead atoms. The van der Waals surface area contributed by atoms with Crippen LogP contribution in [-0.2, 0) is 11.3 Å². The van der Waals surface area contributed by atoms with Gasteiger partial charge in [-0.1, -0.05) is 0 Å². The predicted molar refractivity (Wildman–Crippen MR) is 115 cm³/mol. The number of nitriles is 1. The van der Waals surface area contributed by atoms with Crippen molar-refractivity contribution < 1.29 is 9.53 Å². The maximum Gasteiger partial charge on any atom is 0.428 e. The molecule has 1 N–H and O–H groups in total. The Morgan fingerprint density at radius 2 is 2.10 bits per heavy atom. The second kappa shape index (κ2) is 8.44. The lowest BCUT2D eigenvalue weighted by molar-refractivity contribution is 0.0529. The standard InChI is InChI=1S/C20H25N5O4S/c1-12-14(11-22-23-18(27)29-20(2,3)4)30-17-15(12)16(26)25(13-7-8-13)19(28)24(17)10-6-5-9-21/h11,13H,5-8,10H2,1-4H3,(H,23,27). The number of fused-ring (bicyclic) bond motifs is 1. The Kier molecular flexibility index (Phi) is 6.12. The number of amides is 1. The molecule has 10 heteroatoms. The Labute approximate surface area is 177 Å². The van der Waals surface area contributed by atoms with Crippen molar-refractivity contribution >= 4 is 33.9 Å². The molecule has 9 nitrogen and oxygen atoms in total. The molecule has 0 unspecified atom stereocenters. The average molecular weight is 432 g/mol. The normalized spacial score (nSPS) is 14.2. The van der Waals surface area contributed by atoms with E-state index in [4.69, 9.17) is 10.00 Å². The number of carbonyl (C=O) groups excluding carboxylic acids is 1. The molecule has 1 saturated carbocycles. The van der Waals surface area contributed by atoms with Gasteiger partial charge in [0, 0.05) is 19.0 Å². The van der Waals surface area contributed by atoms with Crippen molar-refractivity contribution in [3.63, 3.8) is 0 Å². The SMILES string of the molecule is Cc1c(C=NNC(=O)OC(C)(C)C)sc2c1c(=O)n(C1CC1)c(=O)n2CCCC#N. The summed E-state index contributed by atoms with van der Waals surface area (Å²) in [6.07, 6.45) is 3.26. The summed E-state index contributed by atoms with van der Waals surface area (Å²) in [7, 11) is 0. The van der Waals surface area contributed by atoms with E-state index in [1.54, 1.807) is 32.3 Å². The molecule has 2 heterocycles. The lowest BCUT2D eigenvalue weighted by atomic mass is 10.2. The van der Waals surface area contributed by atoms with Crippen LogP contribution in [0.25, 0.3) is 10.2 Å². The molecule has 0 aliphatic heterocycles. The number of ether oxygens (including phenoxy) is 1. The molecule has 160 valence electrons. The van der Waals surface area contributed by atoms with Gasteiger partial charge >= 0.3 is 11.8 Å². The van der Waals surface area contributed by atoms with E-state index in [-0.39, 0.29) is 17.3 Å². The molecule has 2 aromatic rings. The van der Waals surface area contributed by atoms with Crippen LogP contribution in [0.15, 0.2) is 14.7 Å². The Bertz CT molecular complexity index is 1160. The maximum atomic E-state index is 13.1. The zero-order chi connectivity index (χ0) is 22.1. The van der Waals surface area contributed by atoms with Crippen molar-refractivity contribution in [2.45, 2.75) is 71.6 Å². The van der Waals surface area contributed by atoms with Crippen molar-refractivity contribution in [3.8, 4) is 6.07 Å². The number of hydrogen-bond acceptors (Lipinski definition) is 7. The quantitative estimate of drug-likeness (QED) is 0.428. The fraction of sp³-hybridized carbons (Fsp3) is 0.550. The van der Waals surface area contributed by atoms with Gasteiger partial charge in [-0.15, -0.1) is 11.3 Å². The van der Waals surface area contributed by atoms with Crippen LogP contribution in [0.3, 0.4) is 0 Å². The lowest BCUT2D eigenvalue weighted by Crippen LogP contribution is -2.39. The van der Waals surface area contributed by atoms with Crippen LogP contribution < -0.4 is 16.7 Å². The minimum absolute atomic E-state index is 0.0538. The number of aromatic nitrogens is 2. The summed E-state index contributed by atoms with van der Waals surface area (Å²) >= 11 is 1.27. The summed E-state index contributed by atoms with van der Waals surface area (Å²) in [6, 6.07) is 2.03. The van der Waals surface area contributed by atoms with Crippen molar-refractivity contribution in [1.82, 2.24) is 14.6 Å². The average Bonchev–Trinajstić information content (AvgIpc) is 3.41. The van der Waals surface area contributed by atoms with Gasteiger partial charge in [-0.25, -0.2) is 15.0 Å². The van der Waals surface area contributed by atoms with Crippen molar-refractivity contribution in [2.75, 3.05) is 0 Å². The number of carbonyl (C=O) groups is 1. The van der Waals surface area contributed by atoms with E-state index in [9.17, 15) is 14.4 Å². The van der Waals surface area contributed by atoms with Gasteiger partial charge in [-0.2, -0.15) is 10.4 Å². The number of hydrogen-bond donors (Lipinski definition) is 1. The topological polar surface area (TPSA) is 118 Å². The fourth-order valence-electron chi connectivity index (χ4n) is 3.12. The summed E-state index contributed by atoms with van der Waals surface area (Å²) in [4.78, 5) is 39.0. The van der Waals surface area contributed by atoms with Crippen LogP contribution in [-0.4, -0.2) is 27.0 Å². The number of aryl methyl sites for hydroxylation is 2. The number of hydrazone groups is 1. The first-order valence-corrected chi connectivity index (χ1v) is 10.6. The molecule has 1 aliphatic rings. The Morgan fingerprint density at radius 3 is 2.70 bits per heavy atom. The molecular weight excluding hydrogens is 406 g/mol. The van der Waals surface area contributed by atoms with Gasteiger partial charge in [0.25, 0.3) is 5.56 Å². The molecule has 1 aliphatic carbocycles. The van der Waals surface area contributed by atoms with Gasteiger partial charge in [0.1, 0.15) is 10.4 Å². The zero-order valence-electron chi connectivity index (χ0n) is 17.5. The molecule has 0 radical (unpaired) electrons. The van der Waals surface area contributed by atoms with E-state index < -0.39 is 11.7 Å². The summed E-state index contributed by atoms with van der Waals surface area (Å²) in [5.74, 6) is 0. The fourth-order valence-corrected chi connectivity index (χ4v) is 4.31. The van der Waals surface area contributed by atoms with Crippen LogP contribution in [0.2, 0.25) is 0 Å². The first-order chi connectivity index (χ1) is 14.1. The first-order valence-electron chi connectivity index (χ1n) is 9.81.